The monoisotopic (exact) mass is 116 g/mol. The molecule has 0 amide bonds. The quantitative estimate of drug-likeness (QED) is 0.507. The lowest BCUT2D eigenvalue weighted by molar-refractivity contribution is 0.0367. The van der Waals surface area contributed by atoms with Crippen LogP contribution < -0.4 is 0 Å². The molecule has 0 aromatic rings. The summed E-state index contributed by atoms with van der Waals surface area (Å²) >= 11 is 0. The largest absolute Gasteiger partial charge is 0.392 e. The molecule has 0 bridgehead atoms. The summed E-state index contributed by atoms with van der Waals surface area (Å²) in [6.07, 6.45) is 2.71. The van der Waals surface area contributed by atoms with Gasteiger partial charge in [0.2, 0.25) is 0 Å². The minimum atomic E-state index is 0.0833. The molecule has 1 rings (SSSR count). The predicted molar refractivity (Wildman–Crippen MR) is 32.7 cm³/mol. The second-order valence-electron chi connectivity index (χ2n) is 1.44. The van der Waals surface area contributed by atoms with E-state index in [1.54, 1.807) is 0 Å². The van der Waals surface area contributed by atoms with Crippen molar-refractivity contribution < 1.29 is 9.84 Å². The first-order chi connectivity index (χ1) is 3.91. The third kappa shape index (κ3) is 5.66. The van der Waals surface area contributed by atoms with Crippen molar-refractivity contribution in [2.45, 2.75) is 6.42 Å². The van der Waals surface area contributed by atoms with Gasteiger partial charge >= 0.3 is 0 Å². The fraction of sp³-hybridized carbons (Fsp3) is 0.667. The lowest BCUT2D eigenvalue weighted by Crippen LogP contribution is -2.09. The topological polar surface area (TPSA) is 29.5 Å². The van der Waals surface area contributed by atoms with Crippen LogP contribution in [-0.4, -0.2) is 24.9 Å². The van der Waals surface area contributed by atoms with Crippen LogP contribution in [0.1, 0.15) is 6.42 Å². The Morgan fingerprint density at radius 3 is 1.88 bits per heavy atom. The molecule has 1 saturated heterocycles. The molecule has 1 heterocycles. The zero-order valence-electron chi connectivity index (χ0n) is 4.97. The van der Waals surface area contributed by atoms with Gasteiger partial charge in [0.05, 0.1) is 6.61 Å². The highest BCUT2D eigenvalue weighted by Crippen LogP contribution is 1.93. The van der Waals surface area contributed by atoms with E-state index < -0.39 is 0 Å². The van der Waals surface area contributed by atoms with Gasteiger partial charge in [-0.25, -0.2) is 0 Å². The van der Waals surface area contributed by atoms with Crippen molar-refractivity contribution in [3.8, 4) is 0 Å². The SMILES string of the molecule is C1COC1.C=CCO. The van der Waals surface area contributed by atoms with Gasteiger partial charge in [0.1, 0.15) is 0 Å². The van der Waals surface area contributed by atoms with E-state index in [-0.39, 0.29) is 6.61 Å². The summed E-state index contributed by atoms with van der Waals surface area (Å²) in [5.74, 6) is 0. The Balaban J connectivity index is 0.000000122. The molecule has 0 atom stereocenters. The summed E-state index contributed by atoms with van der Waals surface area (Å²) in [5.41, 5.74) is 0. The van der Waals surface area contributed by atoms with Gasteiger partial charge < -0.3 is 9.84 Å². The lowest BCUT2D eigenvalue weighted by Gasteiger charge is -2.09. The third-order valence-corrected chi connectivity index (χ3v) is 0.706. The van der Waals surface area contributed by atoms with Crippen molar-refractivity contribution in [1.29, 1.82) is 0 Å². The van der Waals surface area contributed by atoms with Crippen LogP contribution in [0.25, 0.3) is 0 Å². The molecular formula is C6H12O2. The Bertz CT molecular complexity index is 44.5. The Hall–Kier alpha value is -0.340. The average Bonchev–Trinajstić information content (AvgIpc) is 1.61. The molecule has 1 aliphatic heterocycles. The van der Waals surface area contributed by atoms with Gasteiger partial charge in [-0.05, 0) is 6.42 Å². The third-order valence-electron chi connectivity index (χ3n) is 0.706. The maximum atomic E-state index is 7.76. The molecule has 0 aromatic heterocycles. The van der Waals surface area contributed by atoms with E-state index in [9.17, 15) is 0 Å². The van der Waals surface area contributed by atoms with Crippen LogP contribution in [0.5, 0.6) is 0 Å². The minimum absolute atomic E-state index is 0.0833. The first-order valence-corrected chi connectivity index (χ1v) is 2.71. The van der Waals surface area contributed by atoms with Gasteiger partial charge in [0.25, 0.3) is 0 Å². The summed E-state index contributed by atoms with van der Waals surface area (Å²) in [4.78, 5) is 0. The van der Waals surface area contributed by atoms with Gasteiger partial charge in [-0.2, -0.15) is 0 Å². The summed E-state index contributed by atoms with van der Waals surface area (Å²) in [5, 5.41) is 7.76. The molecule has 1 aliphatic rings. The lowest BCUT2D eigenvalue weighted by atomic mass is 10.4. The molecule has 0 spiro atoms. The standard InChI is InChI=1S/2C3H6O/c1-2-4-3-1;1-2-3-4/h1-3H2;2,4H,1,3H2. The van der Waals surface area contributed by atoms with Gasteiger partial charge in [-0.1, -0.05) is 6.08 Å². The molecule has 2 heteroatoms. The molecule has 48 valence electrons. The van der Waals surface area contributed by atoms with Gasteiger partial charge in [-0.3, -0.25) is 0 Å². The van der Waals surface area contributed by atoms with E-state index in [0.717, 1.165) is 13.2 Å². The molecule has 0 unspecified atom stereocenters. The van der Waals surface area contributed by atoms with E-state index in [0.29, 0.717) is 0 Å². The molecule has 0 saturated carbocycles. The first kappa shape index (κ1) is 7.66. The predicted octanol–water partition coefficient (Wildman–Crippen LogP) is 0.571. The normalized spacial score (nSPS) is 15.1. The highest BCUT2D eigenvalue weighted by Gasteiger charge is 1.94. The molecular weight excluding hydrogens is 104 g/mol. The zero-order valence-corrected chi connectivity index (χ0v) is 4.97. The van der Waals surface area contributed by atoms with E-state index >= 15 is 0 Å². The van der Waals surface area contributed by atoms with Gasteiger partial charge in [0, 0.05) is 13.2 Å². The zero-order chi connectivity index (χ0) is 6.24. The van der Waals surface area contributed by atoms with Crippen molar-refractivity contribution >= 4 is 0 Å². The average molecular weight is 116 g/mol. The van der Waals surface area contributed by atoms with Crippen molar-refractivity contribution in [2.24, 2.45) is 0 Å². The maximum Gasteiger partial charge on any atom is 0.0609 e. The Morgan fingerprint density at radius 2 is 1.88 bits per heavy atom. The molecule has 0 radical (unpaired) electrons. The second kappa shape index (κ2) is 6.66. The summed E-state index contributed by atoms with van der Waals surface area (Å²) < 4.78 is 4.72. The fourth-order valence-corrected chi connectivity index (χ4v) is 0.144. The smallest absolute Gasteiger partial charge is 0.0609 e. The number of aliphatic hydroxyl groups is 1. The van der Waals surface area contributed by atoms with Gasteiger partial charge in [-0.15, -0.1) is 6.58 Å². The maximum absolute atomic E-state index is 7.76. The Morgan fingerprint density at radius 1 is 1.62 bits per heavy atom. The molecule has 8 heavy (non-hydrogen) atoms. The summed E-state index contributed by atoms with van der Waals surface area (Å²) in [6.45, 7) is 5.31. The van der Waals surface area contributed by atoms with Crippen LogP contribution in [0.2, 0.25) is 0 Å². The van der Waals surface area contributed by atoms with Crippen molar-refractivity contribution in [3.63, 3.8) is 0 Å². The number of hydrogen-bond acceptors (Lipinski definition) is 2. The molecule has 2 nitrogen and oxygen atoms in total. The van der Waals surface area contributed by atoms with E-state index in [4.69, 9.17) is 9.84 Å². The Labute approximate surface area is 49.8 Å². The van der Waals surface area contributed by atoms with Crippen LogP contribution in [-0.2, 0) is 4.74 Å². The molecule has 1 N–H and O–H groups in total. The fourth-order valence-electron chi connectivity index (χ4n) is 0.144. The highest BCUT2D eigenvalue weighted by molar-refractivity contribution is 4.60. The van der Waals surface area contributed by atoms with Gasteiger partial charge in [0.15, 0.2) is 0 Å². The van der Waals surface area contributed by atoms with E-state index in [1.807, 2.05) is 0 Å². The first-order valence-electron chi connectivity index (χ1n) is 2.71. The Kier molecular flexibility index (Phi) is 6.38. The van der Waals surface area contributed by atoms with Crippen LogP contribution in [0, 0.1) is 0 Å². The molecule has 0 aliphatic carbocycles. The number of ether oxygens (including phenoxy) is 1. The van der Waals surface area contributed by atoms with E-state index in [1.165, 1.54) is 12.5 Å². The van der Waals surface area contributed by atoms with Crippen molar-refractivity contribution in [2.75, 3.05) is 19.8 Å². The van der Waals surface area contributed by atoms with Crippen LogP contribution >= 0.6 is 0 Å². The summed E-state index contributed by atoms with van der Waals surface area (Å²) in [6, 6.07) is 0. The number of rotatable bonds is 1. The van der Waals surface area contributed by atoms with Crippen molar-refractivity contribution in [3.05, 3.63) is 12.7 Å². The highest BCUT2D eigenvalue weighted by atomic mass is 16.5. The van der Waals surface area contributed by atoms with Crippen molar-refractivity contribution in [1.82, 2.24) is 0 Å². The molecule has 0 aromatic carbocycles. The minimum Gasteiger partial charge on any atom is -0.392 e. The van der Waals surface area contributed by atoms with E-state index in [2.05, 4.69) is 6.58 Å². The van der Waals surface area contributed by atoms with Crippen LogP contribution in [0.4, 0.5) is 0 Å². The number of aliphatic hydroxyl groups excluding tert-OH is 1. The molecule has 1 fully saturated rings. The van der Waals surface area contributed by atoms with Crippen LogP contribution in [0.3, 0.4) is 0 Å². The summed E-state index contributed by atoms with van der Waals surface area (Å²) in [7, 11) is 0. The number of hydrogen-bond donors (Lipinski definition) is 1. The second-order valence-corrected chi connectivity index (χ2v) is 1.44. The van der Waals surface area contributed by atoms with Crippen LogP contribution in [0.15, 0.2) is 12.7 Å².